The minimum atomic E-state index is -0.0704. The predicted molar refractivity (Wildman–Crippen MR) is 75.4 cm³/mol. The van der Waals surface area contributed by atoms with Crippen molar-refractivity contribution < 1.29 is 26.6 Å². The van der Waals surface area contributed by atoms with Gasteiger partial charge in [-0.05, 0) is 19.8 Å². The number of nitrogens with zero attached hydrogens (tertiary/aromatic N) is 1. The van der Waals surface area contributed by atoms with E-state index in [0.29, 0.717) is 11.5 Å². The summed E-state index contributed by atoms with van der Waals surface area (Å²) in [7, 11) is 0. The highest BCUT2D eigenvalue weighted by Crippen LogP contribution is 2.60. The van der Waals surface area contributed by atoms with Gasteiger partial charge < -0.3 is 26.6 Å². The van der Waals surface area contributed by atoms with Gasteiger partial charge in [0.1, 0.15) is 24.7 Å². The van der Waals surface area contributed by atoms with Gasteiger partial charge in [-0.2, -0.15) is 0 Å². The molecule has 1 saturated carbocycles. The van der Waals surface area contributed by atoms with Crippen LogP contribution in [0.25, 0.3) is 0 Å². The quantitative estimate of drug-likeness (QED) is 0.726. The van der Waals surface area contributed by atoms with Crippen LogP contribution in [0, 0.1) is 11.8 Å². The van der Waals surface area contributed by atoms with Crippen molar-refractivity contribution in [3.63, 3.8) is 0 Å². The summed E-state index contributed by atoms with van der Waals surface area (Å²) >= 11 is 0. The minimum absolute atomic E-state index is 0. The van der Waals surface area contributed by atoms with Gasteiger partial charge in [0.05, 0.1) is 6.54 Å². The SMILES string of the molecule is C[C@@]12[C@H]3CC[C@@H]1[C@@H](O)C[N@+]2(Cc1ccccc1)CC3.[Br-]. The molecule has 3 heteroatoms. The molecule has 1 aromatic carbocycles. The largest absolute Gasteiger partial charge is 1.00 e. The summed E-state index contributed by atoms with van der Waals surface area (Å²) in [5.41, 5.74) is 1.78. The molecule has 1 aromatic rings. The third kappa shape index (κ3) is 1.69. The highest BCUT2D eigenvalue weighted by Gasteiger charge is 2.70. The van der Waals surface area contributed by atoms with Crippen LogP contribution in [0.2, 0.25) is 0 Å². The lowest BCUT2D eigenvalue weighted by Crippen LogP contribution is -3.00. The summed E-state index contributed by atoms with van der Waals surface area (Å²) in [6.45, 7) is 5.83. The molecule has 1 aliphatic carbocycles. The molecule has 0 spiro atoms. The van der Waals surface area contributed by atoms with Gasteiger partial charge in [0.2, 0.25) is 0 Å². The van der Waals surface area contributed by atoms with Crippen LogP contribution in [0.3, 0.4) is 0 Å². The lowest BCUT2D eigenvalue weighted by molar-refractivity contribution is -0.966. The Morgan fingerprint density at radius 1 is 1.20 bits per heavy atom. The molecular formula is C17H24BrNO. The van der Waals surface area contributed by atoms with Gasteiger partial charge in [-0.25, -0.2) is 0 Å². The molecule has 20 heavy (non-hydrogen) atoms. The maximum Gasteiger partial charge on any atom is 0.112 e. The van der Waals surface area contributed by atoms with Crippen molar-refractivity contribution in [2.45, 2.75) is 44.4 Å². The van der Waals surface area contributed by atoms with Crippen molar-refractivity contribution in [3.05, 3.63) is 35.9 Å². The Bertz CT molecular complexity index is 493. The first kappa shape index (κ1) is 14.6. The highest BCUT2D eigenvalue weighted by atomic mass is 79.9. The Morgan fingerprint density at radius 3 is 2.70 bits per heavy atom. The molecule has 0 bridgehead atoms. The van der Waals surface area contributed by atoms with Gasteiger partial charge in [0, 0.05) is 23.8 Å². The maximum atomic E-state index is 10.5. The fraction of sp³-hybridized carbons (Fsp3) is 0.647. The highest BCUT2D eigenvalue weighted by molar-refractivity contribution is 5.15. The van der Waals surface area contributed by atoms with Crippen LogP contribution in [0.4, 0.5) is 0 Å². The lowest BCUT2D eigenvalue weighted by atomic mass is 9.83. The van der Waals surface area contributed by atoms with Crippen LogP contribution < -0.4 is 17.0 Å². The van der Waals surface area contributed by atoms with Crippen LogP contribution in [0.5, 0.6) is 0 Å². The van der Waals surface area contributed by atoms with Crippen molar-refractivity contribution >= 4 is 0 Å². The molecule has 0 amide bonds. The number of rotatable bonds is 2. The van der Waals surface area contributed by atoms with Gasteiger partial charge in [-0.1, -0.05) is 30.3 Å². The Morgan fingerprint density at radius 2 is 1.95 bits per heavy atom. The number of aliphatic hydroxyl groups excluding tert-OH is 1. The van der Waals surface area contributed by atoms with Crippen molar-refractivity contribution in [2.75, 3.05) is 13.1 Å². The van der Waals surface area contributed by atoms with Crippen molar-refractivity contribution in [1.29, 1.82) is 0 Å². The lowest BCUT2D eigenvalue weighted by Gasteiger charge is -2.43. The van der Waals surface area contributed by atoms with Crippen LogP contribution in [0.1, 0.15) is 31.7 Å². The Labute approximate surface area is 132 Å². The fourth-order valence-electron chi connectivity index (χ4n) is 5.69. The summed E-state index contributed by atoms with van der Waals surface area (Å²) in [6, 6.07) is 10.9. The van der Waals surface area contributed by atoms with E-state index < -0.39 is 0 Å². The van der Waals surface area contributed by atoms with Gasteiger partial charge in [-0.15, -0.1) is 0 Å². The third-order valence-electron chi connectivity index (χ3n) is 6.66. The summed E-state index contributed by atoms with van der Waals surface area (Å²) in [5.74, 6) is 1.39. The standard InChI is InChI=1S/C17H24NO.BrH/c1-17-14-7-8-15(17)16(19)12-18(17,10-9-14)11-13-5-3-2-4-6-13;/h2-6,14-16,19H,7-12H2,1H3;1H/q+1;/p-1/t14-,15+,16-,17+,18+;/m0./s1. The van der Waals surface area contributed by atoms with Crippen LogP contribution in [0.15, 0.2) is 30.3 Å². The first-order valence-corrected chi connectivity index (χ1v) is 7.74. The molecule has 110 valence electrons. The molecule has 2 heterocycles. The zero-order chi connectivity index (χ0) is 13.1. The number of halogens is 1. The molecule has 0 unspecified atom stereocenters. The van der Waals surface area contributed by atoms with Gasteiger partial charge in [-0.3, -0.25) is 0 Å². The fourth-order valence-corrected chi connectivity index (χ4v) is 5.69. The third-order valence-corrected chi connectivity index (χ3v) is 6.66. The summed E-state index contributed by atoms with van der Waals surface area (Å²) in [6.07, 6.45) is 3.88. The normalized spacial score (nSPS) is 45.2. The first-order valence-electron chi connectivity index (χ1n) is 7.74. The van der Waals surface area contributed by atoms with E-state index in [1.54, 1.807) is 0 Å². The predicted octanol–water partition coefficient (Wildman–Crippen LogP) is -0.429. The molecule has 3 fully saturated rings. The number of quaternary nitrogens is 1. The zero-order valence-corrected chi connectivity index (χ0v) is 13.7. The Balaban J connectivity index is 0.00000121. The Hall–Kier alpha value is -0.380. The van der Waals surface area contributed by atoms with Crippen molar-refractivity contribution in [2.24, 2.45) is 11.8 Å². The van der Waals surface area contributed by atoms with E-state index in [-0.39, 0.29) is 23.1 Å². The van der Waals surface area contributed by atoms with Crippen molar-refractivity contribution in [1.82, 2.24) is 0 Å². The summed E-state index contributed by atoms with van der Waals surface area (Å²) in [5, 5.41) is 10.5. The van der Waals surface area contributed by atoms with Gasteiger partial charge in [0.15, 0.2) is 0 Å². The molecule has 4 rings (SSSR count). The molecule has 2 aliphatic heterocycles. The number of hydrogen-bond acceptors (Lipinski definition) is 1. The number of benzene rings is 1. The van der Waals surface area contributed by atoms with Gasteiger partial charge >= 0.3 is 0 Å². The summed E-state index contributed by atoms with van der Waals surface area (Å²) in [4.78, 5) is 0. The summed E-state index contributed by atoms with van der Waals surface area (Å²) < 4.78 is 1.15. The number of hydrogen-bond donors (Lipinski definition) is 1. The van der Waals surface area contributed by atoms with E-state index in [4.69, 9.17) is 0 Å². The van der Waals surface area contributed by atoms with Crippen LogP contribution in [-0.4, -0.2) is 34.3 Å². The second kappa shape index (κ2) is 4.82. The topological polar surface area (TPSA) is 20.2 Å². The van der Waals surface area contributed by atoms with Crippen LogP contribution in [-0.2, 0) is 6.54 Å². The van der Waals surface area contributed by atoms with Crippen molar-refractivity contribution in [3.8, 4) is 0 Å². The average Bonchev–Trinajstić information content (AvgIpc) is 2.95. The van der Waals surface area contributed by atoms with E-state index in [1.807, 2.05) is 0 Å². The van der Waals surface area contributed by atoms with E-state index in [9.17, 15) is 5.11 Å². The van der Waals surface area contributed by atoms with Crippen LogP contribution >= 0.6 is 0 Å². The molecular weight excluding hydrogens is 314 g/mol. The molecule has 3 aliphatic rings. The maximum absolute atomic E-state index is 10.5. The number of aliphatic hydroxyl groups is 1. The molecule has 5 atom stereocenters. The smallest absolute Gasteiger partial charge is 0.112 e. The van der Waals surface area contributed by atoms with E-state index >= 15 is 0 Å². The Kier molecular flexibility index (Phi) is 3.51. The first-order chi connectivity index (χ1) is 9.16. The molecule has 2 nitrogen and oxygen atoms in total. The molecule has 1 N–H and O–H groups in total. The molecule has 0 aromatic heterocycles. The van der Waals surface area contributed by atoms with E-state index in [2.05, 4.69) is 37.3 Å². The monoisotopic (exact) mass is 337 g/mol. The molecule has 2 saturated heterocycles. The second-order valence-electron chi connectivity index (χ2n) is 7.16. The zero-order valence-electron chi connectivity index (χ0n) is 12.1. The van der Waals surface area contributed by atoms with E-state index in [0.717, 1.165) is 23.5 Å². The van der Waals surface area contributed by atoms with Gasteiger partial charge in [0.25, 0.3) is 0 Å². The van der Waals surface area contributed by atoms with E-state index in [1.165, 1.54) is 31.4 Å². The molecule has 0 radical (unpaired) electrons. The average molecular weight is 338 g/mol. The minimum Gasteiger partial charge on any atom is -1.00 e. The second-order valence-corrected chi connectivity index (χ2v) is 7.16.